The van der Waals surface area contributed by atoms with E-state index in [2.05, 4.69) is 18.6 Å². The summed E-state index contributed by atoms with van der Waals surface area (Å²) >= 11 is 0. The van der Waals surface area contributed by atoms with E-state index in [0.29, 0.717) is 6.61 Å². The van der Waals surface area contributed by atoms with Crippen molar-refractivity contribution in [2.75, 3.05) is 19.8 Å². The summed E-state index contributed by atoms with van der Waals surface area (Å²) < 4.78 is 4.50. The lowest BCUT2D eigenvalue weighted by Gasteiger charge is -2.03. The van der Waals surface area contributed by atoms with E-state index in [1.165, 1.54) is 32.1 Å². The summed E-state index contributed by atoms with van der Waals surface area (Å²) in [5.74, 6) is 0.854. The second kappa shape index (κ2) is 11.0. The average Bonchev–Trinajstić information content (AvgIpc) is 2.97. The Morgan fingerprint density at radius 1 is 1.00 bits per heavy atom. The summed E-state index contributed by atoms with van der Waals surface area (Å²) in [6, 6.07) is 0. The van der Waals surface area contributed by atoms with E-state index >= 15 is 0 Å². The van der Waals surface area contributed by atoms with Crippen LogP contribution in [0.4, 0.5) is 0 Å². The second-order valence-electron chi connectivity index (χ2n) is 4.29. The van der Waals surface area contributed by atoms with Gasteiger partial charge in [0.2, 0.25) is 0 Å². The maximum absolute atomic E-state index is 8.51. The fourth-order valence-electron chi connectivity index (χ4n) is 1.19. The van der Waals surface area contributed by atoms with Gasteiger partial charge in [0, 0.05) is 6.61 Å². The van der Waals surface area contributed by atoms with E-state index in [1.807, 2.05) is 0 Å². The van der Waals surface area contributed by atoms with Crippen molar-refractivity contribution in [2.45, 2.75) is 52.4 Å². The molecule has 0 radical (unpaired) electrons. The minimum Gasteiger partial charge on any atom is -0.396 e. The van der Waals surface area contributed by atoms with Crippen molar-refractivity contribution < 1.29 is 9.84 Å². The van der Waals surface area contributed by atoms with Crippen molar-refractivity contribution in [3.05, 3.63) is 0 Å². The molecule has 0 aliphatic carbocycles. The van der Waals surface area contributed by atoms with Crippen LogP contribution < -0.4 is 0 Å². The van der Waals surface area contributed by atoms with Crippen LogP contribution in [0.25, 0.3) is 0 Å². The molecule has 0 aromatic carbocycles. The van der Waals surface area contributed by atoms with Crippen LogP contribution in [0.1, 0.15) is 52.4 Å². The van der Waals surface area contributed by atoms with Gasteiger partial charge in [-0.1, -0.05) is 46.0 Å². The normalized spacial score (nSPS) is 13.7. The summed E-state index contributed by atoms with van der Waals surface area (Å²) in [6.07, 6.45) is 7.56. The number of aliphatic hydroxyl groups excluding tert-OH is 1. The predicted octanol–water partition coefficient (Wildman–Crippen LogP) is 2.99. The molecule has 1 rings (SSSR count). The van der Waals surface area contributed by atoms with Gasteiger partial charge in [-0.3, -0.25) is 0 Å². The molecule has 2 nitrogen and oxygen atoms in total. The molecule has 1 N–H and O–H groups in total. The fraction of sp³-hybridized carbons (Fsp3) is 1.00. The molecule has 1 heterocycles. The smallest absolute Gasteiger partial charge is 0.0701 e. The highest BCUT2D eigenvalue weighted by atomic mass is 16.6. The first-order valence-corrected chi connectivity index (χ1v) is 5.96. The monoisotopic (exact) mass is 202 g/mol. The summed E-state index contributed by atoms with van der Waals surface area (Å²) in [6.45, 7) is 6.91. The lowest BCUT2D eigenvalue weighted by Crippen LogP contribution is -1.88. The van der Waals surface area contributed by atoms with Crippen LogP contribution in [0.3, 0.4) is 0 Å². The van der Waals surface area contributed by atoms with E-state index < -0.39 is 0 Å². The molecule has 0 bridgehead atoms. The van der Waals surface area contributed by atoms with Crippen molar-refractivity contribution in [1.29, 1.82) is 0 Å². The third-order valence-corrected chi connectivity index (χ3v) is 2.14. The molecule has 1 fully saturated rings. The van der Waals surface area contributed by atoms with E-state index in [4.69, 9.17) is 5.11 Å². The SMILES string of the molecule is C1CO1.CC(C)CCCCCCCO. The lowest BCUT2D eigenvalue weighted by atomic mass is 10.0. The standard InChI is InChI=1S/C10H22O.C2H4O/c1-10(2)8-6-4-3-5-7-9-11;1-2-3-1/h10-11H,3-9H2,1-2H3;1-2H2. The Kier molecular flexibility index (Phi) is 10.9. The van der Waals surface area contributed by atoms with Gasteiger partial charge in [0.1, 0.15) is 0 Å². The Morgan fingerprint density at radius 3 is 1.93 bits per heavy atom. The highest BCUT2D eigenvalue weighted by Crippen LogP contribution is 2.09. The fourth-order valence-corrected chi connectivity index (χ4v) is 1.19. The summed E-state index contributed by atoms with van der Waals surface area (Å²) in [7, 11) is 0. The Bertz CT molecular complexity index is 97.7. The summed E-state index contributed by atoms with van der Waals surface area (Å²) in [4.78, 5) is 0. The topological polar surface area (TPSA) is 32.8 Å². The van der Waals surface area contributed by atoms with Gasteiger partial charge in [-0.05, 0) is 12.3 Å². The Balaban J connectivity index is 0.000000469. The molecule has 0 amide bonds. The number of epoxide rings is 1. The number of hydrogen-bond acceptors (Lipinski definition) is 2. The molecule has 0 aromatic heterocycles. The third-order valence-electron chi connectivity index (χ3n) is 2.14. The van der Waals surface area contributed by atoms with Gasteiger partial charge in [0.25, 0.3) is 0 Å². The quantitative estimate of drug-likeness (QED) is 0.508. The van der Waals surface area contributed by atoms with Gasteiger partial charge in [0.15, 0.2) is 0 Å². The van der Waals surface area contributed by atoms with Crippen LogP contribution >= 0.6 is 0 Å². The number of hydrogen-bond donors (Lipinski definition) is 1. The Hall–Kier alpha value is -0.0800. The second-order valence-corrected chi connectivity index (χ2v) is 4.29. The molecule has 14 heavy (non-hydrogen) atoms. The first-order chi connectivity index (χ1) is 6.77. The Labute approximate surface area is 88.7 Å². The number of unbranched alkanes of at least 4 members (excludes halogenated alkanes) is 4. The zero-order valence-corrected chi connectivity index (χ0v) is 9.80. The number of ether oxygens (including phenoxy) is 1. The molecule has 0 saturated carbocycles. The van der Waals surface area contributed by atoms with Crippen molar-refractivity contribution in [1.82, 2.24) is 0 Å². The first kappa shape index (κ1) is 13.9. The Morgan fingerprint density at radius 2 is 1.50 bits per heavy atom. The zero-order chi connectivity index (χ0) is 10.6. The molecule has 86 valence electrons. The molecule has 0 spiro atoms. The molecule has 1 aliphatic rings. The maximum Gasteiger partial charge on any atom is 0.0701 e. The van der Waals surface area contributed by atoms with Crippen LogP contribution in [-0.2, 0) is 4.74 Å². The van der Waals surface area contributed by atoms with Crippen molar-refractivity contribution in [3.8, 4) is 0 Å². The van der Waals surface area contributed by atoms with E-state index in [1.54, 1.807) is 0 Å². The molecular weight excluding hydrogens is 176 g/mol. The van der Waals surface area contributed by atoms with Gasteiger partial charge < -0.3 is 9.84 Å². The van der Waals surface area contributed by atoms with Crippen LogP contribution in [0.15, 0.2) is 0 Å². The van der Waals surface area contributed by atoms with Crippen LogP contribution in [0, 0.1) is 5.92 Å². The van der Waals surface area contributed by atoms with Crippen LogP contribution in [-0.4, -0.2) is 24.9 Å². The summed E-state index contributed by atoms with van der Waals surface area (Å²) in [5, 5.41) is 8.51. The molecular formula is C12H26O2. The highest BCUT2D eigenvalue weighted by molar-refractivity contribution is 4.47. The van der Waals surface area contributed by atoms with Gasteiger partial charge in [-0.15, -0.1) is 0 Å². The van der Waals surface area contributed by atoms with Crippen LogP contribution in [0.5, 0.6) is 0 Å². The van der Waals surface area contributed by atoms with Crippen molar-refractivity contribution in [2.24, 2.45) is 5.92 Å². The van der Waals surface area contributed by atoms with Gasteiger partial charge in [-0.2, -0.15) is 0 Å². The van der Waals surface area contributed by atoms with E-state index in [-0.39, 0.29) is 0 Å². The van der Waals surface area contributed by atoms with Crippen molar-refractivity contribution in [3.63, 3.8) is 0 Å². The highest BCUT2D eigenvalue weighted by Gasteiger charge is 1.94. The summed E-state index contributed by atoms with van der Waals surface area (Å²) in [5.41, 5.74) is 0. The number of aliphatic hydroxyl groups is 1. The third kappa shape index (κ3) is 17.9. The van der Waals surface area contributed by atoms with Gasteiger partial charge >= 0.3 is 0 Å². The predicted molar refractivity (Wildman–Crippen MR) is 60.4 cm³/mol. The van der Waals surface area contributed by atoms with Gasteiger partial charge in [0.05, 0.1) is 13.2 Å². The van der Waals surface area contributed by atoms with Crippen LogP contribution in [0.2, 0.25) is 0 Å². The molecule has 0 aromatic rings. The zero-order valence-electron chi connectivity index (χ0n) is 9.80. The maximum atomic E-state index is 8.51. The molecule has 0 unspecified atom stereocenters. The van der Waals surface area contributed by atoms with Gasteiger partial charge in [-0.25, -0.2) is 0 Å². The van der Waals surface area contributed by atoms with E-state index in [9.17, 15) is 0 Å². The van der Waals surface area contributed by atoms with E-state index in [0.717, 1.165) is 25.6 Å². The molecule has 2 heteroatoms. The number of rotatable bonds is 7. The van der Waals surface area contributed by atoms with Crippen molar-refractivity contribution >= 4 is 0 Å². The first-order valence-electron chi connectivity index (χ1n) is 5.96. The average molecular weight is 202 g/mol. The minimum atomic E-state index is 0.365. The largest absolute Gasteiger partial charge is 0.396 e. The minimum absolute atomic E-state index is 0.365. The lowest BCUT2D eigenvalue weighted by molar-refractivity contribution is 0.282. The molecule has 1 saturated heterocycles. The molecule has 1 aliphatic heterocycles. The molecule has 0 atom stereocenters.